The van der Waals surface area contributed by atoms with Crippen LogP contribution >= 0.6 is 11.6 Å². The van der Waals surface area contributed by atoms with Gasteiger partial charge in [-0.05, 0) is 29.8 Å². The summed E-state index contributed by atoms with van der Waals surface area (Å²) in [6.07, 6.45) is 0.186. The van der Waals surface area contributed by atoms with Crippen molar-refractivity contribution in [3.63, 3.8) is 0 Å². The molecular weight excluding hydrogens is 314 g/mol. The minimum absolute atomic E-state index is 0.0742. The topological polar surface area (TPSA) is 66.4 Å². The number of carbonyl (C=O) groups excluding carboxylic acids is 2. The zero-order valence-electron chi connectivity index (χ0n) is 12.5. The van der Waals surface area contributed by atoms with Gasteiger partial charge in [0.2, 0.25) is 5.91 Å². The highest BCUT2D eigenvalue weighted by Crippen LogP contribution is 2.14. The highest BCUT2D eigenvalue weighted by atomic mass is 35.5. The maximum atomic E-state index is 12.0. The molecule has 0 spiro atoms. The van der Waals surface area contributed by atoms with Crippen LogP contribution in [0.4, 0.5) is 0 Å². The Morgan fingerprint density at radius 1 is 1.00 bits per heavy atom. The van der Waals surface area contributed by atoms with Gasteiger partial charge in [-0.25, -0.2) is 0 Å². The number of Topliss-reactive ketones (excluding diaryl/α,β-unsaturated/α-hetero) is 1. The Labute approximate surface area is 140 Å². The molecular formula is C18H18ClNO3. The van der Waals surface area contributed by atoms with E-state index in [-0.39, 0.29) is 31.1 Å². The fourth-order valence-electron chi connectivity index (χ4n) is 2.19. The van der Waals surface area contributed by atoms with Crippen molar-refractivity contribution >= 4 is 23.3 Å². The lowest BCUT2D eigenvalue weighted by molar-refractivity contribution is -0.122. The molecule has 23 heavy (non-hydrogen) atoms. The van der Waals surface area contributed by atoms with Gasteiger partial charge in [-0.2, -0.15) is 0 Å². The van der Waals surface area contributed by atoms with Crippen LogP contribution in [0.1, 0.15) is 34.8 Å². The summed E-state index contributed by atoms with van der Waals surface area (Å²) in [6, 6.07) is 15.3. The zero-order valence-corrected chi connectivity index (χ0v) is 13.3. The number of hydrogen-bond acceptors (Lipinski definition) is 3. The molecule has 0 radical (unpaired) electrons. The molecule has 2 rings (SSSR count). The molecule has 0 aliphatic carbocycles. The van der Waals surface area contributed by atoms with E-state index in [9.17, 15) is 14.7 Å². The molecule has 4 nitrogen and oxygen atoms in total. The van der Waals surface area contributed by atoms with E-state index in [0.29, 0.717) is 10.6 Å². The number of nitrogens with one attached hydrogen (secondary N) is 1. The van der Waals surface area contributed by atoms with Crippen molar-refractivity contribution in [1.82, 2.24) is 5.32 Å². The first kappa shape index (κ1) is 17.2. The fourth-order valence-corrected chi connectivity index (χ4v) is 2.32. The predicted molar refractivity (Wildman–Crippen MR) is 89.4 cm³/mol. The highest BCUT2D eigenvalue weighted by Gasteiger charge is 2.15. The van der Waals surface area contributed by atoms with Gasteiger partial charge in [-0.3, -0.25) is 9.59 Å². The minimum Gasteiger partial charge on any atom is -0.394 e. The quantitative estimate of drug-likeness (QED) is 0.766. The lowest BCUT2D eigenvalue weighted by atomic mass is 10.1. The van der Waals surface area contributed by atoms with Crippen LogP contribution in [0.2, 0.25) is 5.02 Å². The van der Waals surface area contributed by atoms with Crippen molar-refractivity contribution in [2.75, 3.05) is 6.61 Å². The molecule has 2 aromatic rings. The Hall–Kier alpha value is -2.17. The molecule has 2 aromatic carbocycles. The van der Waals surface area contributed by atoms with Crippen LogP contribution in [-0.4, -0.2) is 23.4 Å². The van der Waals surface area contributed by atoms with Gasteiger partial charge in [0.25, 0.3) is 0 Å². The molecule has 0 saturated carbocycles. The second-order valence-electron chi connectivity index (χ2n) is 5.14. The van der Waals surface area contributed by atoms with E-state index >= 15 is 0 Å². The van der Waals surface area contributed by atoms with E-state index in [1.165, 1.54) is 0 Å². The van der Waals surface area contributed by atoms with Crippen LogP contribution in [0.15, 0.2) is 54.6 Å². The number of halogens is 1. The smallest absolute Gasteiger partial charge is 0.221 e. The molecule has 0 saturated heterocycles. The summed E-state index contributed by atoms with van der Waals surface area (Å²) in [7, 11) is 0. The van der Waals surface area contributed by atoms with Crippen LogP contribution in [0.5, 0.6) is 0 Å². The minimum atomic E-state index is -0.464. The van der Waals surface area contributed by atoms with Gasteiger partial charge in [0.15, 0.2) is 5.78 Å². The Bertz CT molecular complexity index is 656. The van der Waals surface area contributed by atoms with Crippen LogP contribution in [0.25, 0.3) is 0 Å². The standard InChI is InChI=1S/C18H18ClNO3/c19-15-8-6-14(7-9-15)17(22)10-11-18(23)20-16(12-21)13-4-2-1-3-5-13/h1-9,16,21H,10-12H2,(H,20,23). The second kappa shape index (κ2) is 8.46. The Kier molecular flexibility index (Phi) is 6.32. The summed E-state index contributed by atoms with van der Waals surface area (Å²) in [6.45, 7) is -0.194. The average molecular weight is 332 g/mol. The third-order valence-corrected chi connectivity index (χ3v) is 3.72. The lowest BCUT2D eigenvalue weighted by Gasteiger charge is -2.16. The fraction of sp³-hybridized carbons (Fsp3) is 0.222. The number of benzene rings is 2. The summed E-state index contributed by atoms with van der Waals surface area (Å²) in [5.41, 5.74) is 1.36. The third-order valence-electron chi connectivity index (χ3n) is 3.47. The summed E-state index contributed by atoms with van der Waals surface area (Å²) in [4.78, 5) is 24.0. The molecule has 0 heterocycles. The molecule has 1 amide bonds. The van der Waals surface area contributed by atoms with Crippen molar-refractivity contribution < 1.29 is 14.7 Å². The molecule has 5 heteroatoms. The maximum Gasteiger partial charge on any atom is 0.221 e. The molecule has 0 aliphatic heterocycles. The molecule has 2 N–H and O–H groups in total. The zero-order chi connectivity index (χ0) is 16.7. The summed E-state index contributed by atoms with van der Waals surface area (Å²) >= 11 is 5.78. The number of aliphatic hydroxyl groups excluding tert-OH is 1. The second-order valence-corrected chi connectivity index (χ2v) is 5.58. The Morgan fingerprint density at radius 3 is 2.26 bits per heavy atom. The molecule has 0 aromatic heterocycles. The van der Waals surface area contributed by atoms with Crippen LogP contribution in [0, 0.1) is 0 Å². The van der Waals surface area contributed by atoms with E-state index in [0.717, 1.165) is 5.56 Å². The number of hydrogen-bond donors (Lipinski definition) is 2. The van der Waals surface area contributed by atoms with Gasteiger partial charge in [0, 0.05) is 23.4 Å². The third kappa shape index (κ3) is 5.20. The number of aliphatic hydroxyl groups is 1. The SMILES string of the molecule is O=C(CCC(=O)c1ccc(Cl)cc1)NC(CO)c1ccccc1. The molecule has 120 valence electrons. The van der Waals surface area contributed by atoms with Gasteiger partial charge in [0.05, 0.1) is 12.6 Å². The summed E-state index contributed by atoms with van der Waals surface area (Å²) < 4.78 is 0. The van der Waals surface area contributed by atoms with Crippen molar-refractivity contribution in [2.24, 2.45) is 0 Å². The summed E-state index contributed by atoms with van der Waals surface area (Å²) in [5, 5.41) is 12.7. The van der Waals surface area contributed by atoms with Crippen LogP contribution in [0.3, 0.4) is 0 Å². The number of amides is 1. The van der Waals surface area contributed by atoms with E-state index in [2.05, 4.69) is 5.32 Å². The first-order valence-corrected chi connectivity index (χ1v) is 7.72. The van der Waals surface area contributed by atoms with Gasteiger partial charge < -0.3 is 10.4 Å². The van der Waals surface area contributed by atoms with E-state index in [1.54, 1.807) is 24.3 Å². The molecule has 0 bridgehead atoms. The van der Waals surface area contributed by atoms with Gasteiger partial charge >= 0.3 is 0 Å². The first-order chi connectivity index (χ1) is 11.1. The average Bonchev–Trinajstić information content (AvgIpc) is 2.59. The highest BCUT2D eigenvalue weighted by molar-refractivity contribution is 6.30. The van der Waals surface area contributed by atoms with Crippen molar-refractivity contribution in [3.05, 3.63) is 70.7 Å². The monoisotopic (exact) mass is 331 g/mol. The van der Waals surface area contributed by atoms with Crippen molar-refractivity contribution in [2.45, 2.75) is 18.9 Å². The number of carbonyl (C=O) groups is 2. The number of ketones is 1. The van der Waals surface area contributed by atoms with E-state index < -0.39 is 6.04 Å². The normalized spacial score (nSPS) is 11.7. The summed E-state index contributed by atoms with van der Waals surface area (Å²) in [5.74, 6) is -0.382. The largest absolute Gasteiger partial charge is 0.394 e. The first-order valence-electron chi connectivity index (χ1n) is 7.34. The molecule has 1 atom stereocenters. The lowest BCUT2D eigenvalue weighted by Crippen LogP contribution is -2.30. The van der Waals surface area contributed by atoms with Crippen LogP contribution < -0.4 is 5.32 Å². The van der Waals surface area contributed by atoms with Crippen LogP contribution in [-0.2, 0) is 4.79 Å². The number of rotatable bonds is 7. The van der Waals surface area contributed by atoms with Crippen molar-refractivity contribution in [3.8, 4) is 0 Å². The van der Waals surface area contributed by atoms with E-state index in [1.807, 2.05) is 30.3 Å². The molecule has 0 fully saturated rings. The molecule has 1 unspecified atom stereocenters. The van der Waals surface area contributed by atoms with Gasteiger partial charge in [0.1, 0.15) is 0 Å². The van der Waals surface area contributed by atoms with Crippen molar-refractivity contribution in [1.29, 1.82) is 0 Å². The van der Waals surface area contributed by atoms with E-state index in [4.69, 9.17) is 11.6 Å². The van der Waals surface area contributed by atoms with Gasteiger partial charge in [-0.1, -0.05) is 41.9 Å². The Balaban J connectivity index is 1.87. The maximum absolute atomic E-state index is 12.0. The Morgan fingerprint density at radius 2 is 1.65 bits per heavy atom. The predicted octanol–water partition coefficient (Wildman–Crippen LogP) is 3.15. The van der Waals surface area contributed by atoms with Gasteiger partial charge in [-0.15, -0.1) is 0 Å². The molecule has 0 aliphatic rings.